The van der Waals surface area contributed by atoms with E-state index in [1.807, 2.05) is 34.9 Å². The highest BCUT2D eigenvalue weighted by Crippen LogP contribution is 2.67. The summed E-state index contributed by atoms with van der Waals surface area (Å²) < 4.78 is 13.6. The summed E-state index contributed by atoms with van der Waals surface area (Å²) in [4.78, 5) is 15.1. The van der Waals surface area contributed by atoms with Crippen molar-refractivity contribution in [1.29, 1.82) is 0 Å². The van der Waals surface area contributed by atoms with Crippen LogP contribution in [-0.4, -0.2) is 68.7 Å². The molecule has 1 spiro atoms. The smallest absolute Gasteiger partial charge is 0.311 e. The first-order valence-electron chi connectivity index (χ1n) is 14.2. The van der Waals surface area contributed by atoms with Gasteiger partial charge in [0.25, 0.3) is 0 Å². The standard InChI is InChI=1S/C31H34N2O6/c1-38-25(35)15-22-19-4-2-3-5-20(19)29(36)33(22)21-10-11-31(37)24-14-18-8-9-23(34)27-26(18)30(31,28(21)39-27)12-13-32(24)16-17-6-7-17/h2-5,8-9,17,21,24,28,34,36-37H,6-7,10-16H2,1H3/t21-,24-,28+,30+,31-/m1/s1. The summed E-state index contributed by atoms with van der Waals surface area (Å²) in [5, 5.41) is 36.8. The fourth-order valence-electron chi connectivity index (χ4n) is 8.78. The molecular formula is C31H34N2O6. The van der Waals surface area contributed by atoms with Crippen molar-refractivity contribution >= 4 is 16.7 Å². The second-order valence-corrected chi connectivity index (χ2v) is 12.3. The van der Waals surface area contributed by atoms with Gasteiger partial charge in [0.1, 0.15) is 6.10 Å². The molecule has 0 radical (unpaired) electrons. The van der Waals surface area contributed by atoms with E-state index in [-0.39, 0.29) is 36.1 Å². The molecule has 8 nitrogen and oxygen atoms in total. The zero-order valence-electron chi connectivity index (χ0n) is 22.1. The summed E-state index contributed by atoms with van der Waals surface area (Å²) in [6.07, 6.45) is 4.60. The molecule has 2 bridgehead atoms. The lowest BCUT2D eigenvalue weighted by molar-refractivity contribution is -0.196. The predicted molar refractivity (Wildman–Crippen MR) is 143 cm³/mol. The molecule has 204 valence electrons. The molecule has 2 aromatic carbocycles. The minimum Gasteiger partial charge on any atom is -0.504 e. The van der Waals surface area contributed by atoms with Crippen LogP contribution in [0.4, 0.5) is 0 Å². The number of likely N-dealkylation sites (tertiary alicyclic amines) is 1. The monoisotopic (exact) mass is 530 g/mol. The number of carbonyl (C=O) groups is 1. The van der Waals surface area contributed by atoms with Crippen molar-refractivity contribution in [3.8, 4) is 17.4 Å². The topological polar surface area (TPSA) is 104 Å². The molecule has 39 heavy (non-hydrogen) atoms. The molecule has 3 aromatic rings. The maximum Gasteiger partial charge on any atom is 0.311 e. The van der Waals surface area contributed by atoms with Crippen molar-refractivity contribution in [1.82, 2.24) is 9.47 Å². The summed E-state index contributed by atoms with van der Waals surface area (Å²) >= 11 is 0. The van der Waals surface area contributed by atoms with Gasteiger partial charge in [0, 0.05) is 34.6 Å². The minimum atomic E-state index is -1.02. The molecule has 3 aliphatic carbocycles. The van der Waals surface area contributed by atoms with Gasteiger partial charge >= 0.3 is 5.97 Å². The van der Waals surface area contributed by atoms with Crippen molar-refractivity contribution < 1.29 is 29.6 Å². The van der Waals surface area contributed by atoms with Gasteiger partial charge in [0.15, 0.2) is 17.4 Å². The van der Waals surface area contributed by atoms with Crippen molar-refractivity contribution in [3.63, 3.8) is 0 Å². The zero-order valence-corrected chi connectivity index (χ0v) is 22.1. The second-order valence-electron chi connectivity index (χ2n) is 12.3. The lowest BCUT2D eigenvalue weighted by Crippen LogP contribution is -2.76. The highest BCUT2D eigenvalue weighted by Gasteiger charge is 2.73. The SMILES string of the molecule is COC(=O)Cc1c2ccccc2c(O)n1[C@@H]1CC[C@@]2(O)[C@H]3Cc4ccc(O)c5c4[C@@]2(CCN3CC2CC2)[C@H]1O5. The van der Waals surface area contributed by atoms with Gasteiger partial charge < -0.3 is 29.4 Å². The number of ether oxygens (including phenoxy) is 2. The number of rotatable bonds is 5. The molecule has 3 N–H and O–H groups in total. The normalized spacial score (nSPS) is 32.6. The van der Waals surface area contributed by atoms with Crippen molar-refractivity contribution in [2.45, 2.75) is 74.1 Å². The van der Waals surface area contributed by atoms with E-state index in [1.54, 1.807) is 6.07 Å². The number of nitrogens with zero attached hydrogens (tertiary/aromatic N) is 2. The van der Waals surface area contributed by atoms with Crippen LogP contribution in [0.1, 0.15) is 55.0 Å². The fraction of sp³-hybridized carbons (Fsp3) is 0.516. The van der Waals surface area contributed by atoms with Crippen LogP contribution >= 0.6 is 0 Å². The van der Waals surface area contributed by atoms with Gasteiger partial charge in [-0.25, -0.2) is 0 Å². The van der Waals surface area contributed by atoms with Crippen molar-refractivity contribution in [3.05, 3.63) is 53.2 Å². The molecule has 2 aliphatic heterocycles. The molecule has 5 atom stereocenters. The van der Waals surface area contributed by atoms with Crippen molar-refractivity contribution in [2.75, 3.05) is 20.2 Å². The molecule has 2 saturated carbocycles. The summed E-state index contributed by atoms with van der Waals surface area (Å²) in [5.41, 5.74) is 1.04. The van der Waals surface area contributed by atoms with E-state index in [9.17, 15) is 20.1 Å². The third-order valence-electron chi connectivity index (χ3n) is 10.6. The van der Waals surface area contributed by atoms with Gasteiger partial charge in [-0.05, 0) is 68.7 Å². The van der Waals surface area contributed by atoms with Crippen LogP contribution in [0.3, 0.4) is 0 Å². The Morgan fingerprint density at radius 3 is 2.67 bits per heavy atom. The average molecular weight is 531 g/mol. The lowest BCUT2D eigenvalue weighted by atomic mass is 9.48. The summed E-state index contributed by atoms with van der Waals surface area (Å²) in [7, 11) is 1.37. The number of phenolic OH excluding ortho intramolecular Hbond substituents is 1. The van der Waals surface area contributed by atoms with E-state index in [1.165, 1.54) is 20.0 Å². The molecular weight excluding hydrogens is 496 g/mol. The highest BCUT2D eigenvalue weighted by molar-refractivity contribution is 5.93. The van der Waals surface area contributed by atoms with Gasteiger partial charge in [0.2, 0.25) is 0 Å². The molecule has 8 heteroatoms. The highest BCUT2D eigenvalue weighted by atomic mass is 16.5. The number of carbonyl (C=O) groups excluding carboxylic acids is 1. The zero-order chi connectivity index (χ0) is 26.7. The molecule has 5 aliphatic rings. The van der Waals surface area contributed by atoms with E-state index in [4.69, 9.17) is 9.47 Å². The Morgan fingerprint density at radius 1 is 1.10 bits per heavy atom. The third kappa shape index (κ3) is 2.94. The van der Waals surface area contributed by atoms with Gasteiger partial charge in [0.05, 0.1) is 30.6 Å². The van der Waals surface area contributed by atoms with Crippen LogP contribution in [0.5, 0.6) is 17.4 Å². The van der Waals surface area contributed by atoms with Crippen LogP contribution in [0, 0.1) is 5.92 Å². The van der Waals surface area contributed by atoms with E-state index in [0.29, 0.717) is 36.1 Å². The van der Waals surface area contributed by atoms with E-state index in [0.717, 1.165) is 41.9 Å². The molecule has 8 rings (SSSR count). The molecule has 0 amide bonds. The predicted octanol–water partition coefficient (Wildman–Crippen LogP) is 3.57. The molecule has 3 fully saturated rings. The van der Waals surface area contributed by atoms with Gasteiger partial charge in [-0.1, -0.05) is 24.3 Å². The first kappa shape index (κ1) is 23.6. The first-order chi connectivity index (χ1) is 18.9. The van der Waals surface area contributed by atoms with Crippen LogP contribution in [0.25, 0.3) is 10.8 Å². The number of aromatic hydroxyl groups is 2. The Morgan fingerprint density at radius 2 is 1.90 bits per heavy atom. The van der Waals surface area contributed by atoms with Crippen LogP contribution in [0.15, 0.2) is 36.4 Å². The summed E-state index contributed by atoms with van der Waals surface area (Å²) in [6, 6.07) is 10.9. The van der Waals surface area contributed by atoms with Crippen LogP contribution in [0.2, 0.25) is 0 Å². The molecule has 1 saturated heterocycles. The van der Waals surface area contributed by atoms with Gasteiger partial charge in [-0.3, -0.25) is 9.69 Å². The number of benzene rings is 2. The Hall–Kier alpha value is -3.23. The largest absolute Gasteiger partial charge is 0.504 e. The van der Waals surface area contributed by atoms with E-state index < -0.39 is 17.1 Å². The Labute approximate surface area is 226 Å². The number of aliphatic hydroxyl groups is 1. The molecule has 1 aromatic heterocycles. The number of phenols is 1. The number of piperidine rings is 1. The number of methoxy groups -OCH3 is 1. The maximum atomic E-state index is 12.8. The minimum absolute atomic E-state index is 0.0132. The number of aromatic nitrogens is 1. The van der Waals surface area contributed by atoms with Crippen LogP contribution < -0.4 is 4.74 Å². The number of hydrogen-bond donors (Lipinski definition) is 3. The Bertz CT molecular complexity index is 1530. The summed E-state index contributed by atoms with van der Waals surface area (Å²) in [5.74, 6) is 0.999. The Kier molecular flexibility index (Phi) is 4.80. The quantitative estimate of drug-likeness (QED) is 0.433. The van der Waals surface area contributed by atoms with Gasteiger partial charge in [-0.2, -0.15) is 0 Å². The number of esters is 1. The molecule has 0 unspecified atom stereocenters. The third-order valence-corrected chi connectivity index (χ3v) is 10.6. The van der Waals surface area contributed by atoms with Gasteiger partial charge in [-0.15, -0.1) is 0 Å². The number of fused-ring (bicyclic) bond motifs is 1. The lowest BCUT2D eigenvalue weighted by Gasteiger charge is -2.64. The van der Waals surface area contributed by atoms with Crippen molar-refractivity contribution in [2.24, 2.45) is 5.92 Å². The summed E-state index contributed by atoms with van der Waals surface area (Å²) in [6.45, 7) is 1.88. The van der Waals surface area contributed by atoms with E-state index >= 15 is 0 Å². The fourth-order valence-corrected chi connectivity index (χ4v) is 8.78. The maximum absolute atomic E-state index is 12.8. The number of hydrogen-bond acceptors (Lipinski definition) is 7. The van der Waals surface area contributed by atoms with E-state index in [2.05, 4.69) is 4.90 Å². The first-order valence-corrected chi connectivity index (χ1v) is 14.2. The molecule has 3 heterocycles. The average Bonchev–Trinajstić information content (AvgIpc) is 3.62. The van der Waals surface area contributed by atoms with Crippen LogP contribution in [-0.2, 0) is 27.8 Å². The second kappa shape index (κ2) is 7.92. The Balaban J connectivity index is 1.32.